The van der Waals surface area contributed by atoms with Crippen molar-refractivity contribution in [3.05, 3.63) is 0 Å². The molecular weight excluding hydrogens is 296 g/mol. The summed E-state index contributed by atoms with van der Waals surface area (Å²) in [4.78, 5) is 23.5. The molecule has 2 fully saturated rings. The fourth-order valence-electron chi connectivity index (χ4n) is 2.57. The van der Waals surface area contributed by atoms with Gasteiger partial charge in [0.05, 0.1) is 11.5 Å². The summed E-state index contributed by atoms with van der Waals surface area (Å²) < 4.78 is 10.8. The Morgan fingerprint density at radius 2 is 1.65 bits per heavy atom. The average molecular weight is 318 g/mol. The molecule has 1 spiro atoms. The second-order valence-electron chi connectivity index (χ2n) is 5.67. The van der Waals surface area contributed by atoms with Crippen molar-refractivity contribution in [1.82, 2.24) is 0 Å². The maximum absolute atomic E-state index is 11.8. The summed E-state index contributed by atoms with van der Waals surface area (Å²) in [6, 6.07) is 0. The second-order valence-corrected chi connectivity index (χ2v) is 8.12. The lowest BCUT2D eigenvalue weighted by atomic mass is 9.88. The van der Waals surface area contributed by atoms with Gasteiger partial charge in [-0.05, 0) is 12.8 Å². The molecule has 1 unspecified atom stereocenters. The van der Waals surface area contributed by atoms with Gasteiger partial charge in [-0.1, -0.05) is 19.8 Å². The molecule has 1 aliphatic carbocycles. The first-order valence-electron chi connectivity index (χ1n) is 7.10. The number of thioether (sulfide) groups is 2. The minimum atomic E-state index is -0.149. The van der Waals surface area contributed by atoms with Crippen molar-refractivity contribution in [3.8, 4) is 0 Å². The van der Waals surface area contributed by atoms with Gasteiger partial charge in [0.1, 0.15) is 13.2 Å². The fraction of sp³-hybridized carbons (Fsp3) is 0.857. The number of hydrogen-bond donors (Lipinski definition) is 0. The summed E-state index contributed by atoms with van der Waals surface area (Å²) >= 11 is 3.17. The van der Waals surface area contributed by atoms with Gasteiger partial charge in [-0.15, -0.1) is 23.5 Å². The van der Waals surface area contributed by atoms with Crippen molar-refractivity contribution in [2.45, 2.75) is 37.9 Å². The lowest BCUT2D eigenvalue weighted by Crippen LogP contribution is -2.32. The zero-order chi connectivity index (χ0) is 14.4. The van der Waals surface area contributed by atoms with Gasteiger partial charge >= 0.3 is 11.9 Å². The van der Waals surface area contributed by atoms with E-state index in [2.05, 4.69) is 6.92 Å². The topological polar surface area (TPSA) is 52.6 Å². The molecule has 0 bridgehead atoms. The van der Waals surface area contributed by atoms with Crippen LogP contribution in [-0.4, -0.2) is 47.7 Å². The Balaban J connectivity index is 1.97. The van der Waals surface area contributed by atoms with Crippen molar-refractivity contribution in [3.63, 3.8) is 0 Å². The zero-order valence-corrected chi connectivity index (χ0v) is 13.5. The molecule has 2 aliphatic rings. The van der Waals surface area contributed by atoms with Crippen molar-refractivity contribution >= 4 is 35.5 Å². The third-order valence-corrected chi connectivity index (χ3v) is 6.33. The number of carbonyl (C=O) groups is 2. The van der Waals surface area contributed by atoms with E-state index in [0.717, 1.165) is 31.4 Å². The minimum absolute atomic E-state index is 0.139. The third-order valence-electron chi connectivity index (χ3n) is 3.80. The van der Waals surface area contributed by atoms with Gasteiger partial charge < -0.3 is 9.47 Å². The molecule has 0 aromatic rings. The molecule has 1 atom stereocenters. The summed E-state index contributed by atoms with van der Waals surface area (Å²) in [6.07, 6.45) is 4.19. The Labute approximate surface area is 128 Å². The summed E-state index contributed by atoms with van der Waals surface area (Å²) in [5, 5.41) is 0.335. The van der Waals surface area contributed by atoms with Crippen LogP contribution in [0.1, 0.15) is 32.6 Å². The number of rotatable bonds is 0. The molecule has 0 aromatic heterocycles. The summed E-state index contributed by atoms with van der Waals surface area (Å²) in [6.45, 7) is 2.85. The van der Waals surface area contributed by atoms with E-state index in [0.29, 0.717) is 30.0 Å². The van der Waals surface area contributed by atoms with Crippen LogP contribution in [-0.2, 0) is 19.1 Å². The Morgan fingerprint density at radius 3 is 2.30 bits per heavy atom. The van der Waals surface area contributed by atoms with E-state index in [1.165, 1.54) is 0 Å². The van der Waals surface area contributed by atoms with E-state index < -0.39 is 0 Å². The van der Waals surface area contributed by atoms with Crippen molar-refractivity contribution in [2.75, 3.05) is 30.5 Å². The highest BCUT2D eigenvalue weighted by molar-refractivity contribution is 8.03. The third kappa shape index (κ3) is 4.88. The summed E-state index contributed by atoms with van der Waals surface area (Å²) in [5.74, 6) is 1.34. The van der Waals surface area contributed by atoms with Gasteiger partial charge in [-0.2, -0.15) is 0 Å². The fourth-order valence-corrected chi connectivity index (χ4v) is 4.45. The minimum Gasteiger partial charge on any atom is -0.464 e. The van der Waals surface area contributed by atoms with E-state index in [1.807, 2.05) is 0 Å². The molecule has 20 heavy (non-hydrogen) atoms. The van der Waals surface area contributed by atoms with Crippen LogP contribution in [0.3, 0.4) is 0 Å². The van der Waals surface area contributed by atoms with E-state index in [9.17, 15) is 9.59 Å². The number of carbonyl (C=O) groups excluding carboxylic acids is 2. The monoisotopic (exact) mass is 318 g/mol. The predicted octanol–water partition coefficient (Wildman–Crippen LogP) is 2.50. The molecule has 4 nitrogen and oxygen atoms in total. The van der Waals surface area contributed by atoms with Crippen molar-refractivity contribution in [2.24, 2.45) is 5.41 Å². The van der Waals surface area contributed by atoms with Crippen LogP contribution in [0.15, 0.2) is 0 Å². The largest absolute Gasteiger partial charge is 0.464 e. The van der Waals surface area contributed by atoms with Gasteiger partial charge in [0, 0.05) is 16.4 Å². The molecular formula is C14H22O4S2. The molecule has 0 N–H and O–H groups in total. The molecule has 0 amide bonds. The van der Waals surface area contributed by atoms with E-state index in [4.69, 9.17) is 9.47 Å². The Bertz CT molecular complexity index is 353. The molecule has 2 rings (SSSR count). The van der Waals surface area contributed by atoms with Crippen LogP contribution >= 0.6 is 23.5 Å². The van der Waals surface area contributed by atoms with Crippen LogP contribution in [0.5, 0.6) is 0 Å². The van der Waals surface area contributed by atoms with Gasteiger partial charge in [-0.25, -0.2) is 0 Å². The second kappa shape index (κ2) is 7.59. The number of ether oxygens (including phenoxy) is 2. The first-order valence-corrected chi connectivity index (χ1v) is 9.31. The molecule has 6 heteroatoms. The summed E-state index contributed by atoms with van der Waals surface area (Å²) in [7, 11) is 0. The number of hydrogen-bond acceptors (Lipinski definition) is 6. The smallest absolute Gasteiger partial charge is 0.315 e. The summed E-state index contributed by atoms with van der Waals surface area (Å²) in [5.41, 5.74) is -0.139. The van der Waals surface area contributed by atoms with Gasteiger partial charge in [0.25, 0.3) is 0 Å². The molecule has 1 heterocycles. The van der Waals surface area contributed by atoms with E-state index >= 15 is 0 Å². The van der Waals surface area contributed by atoms with Gasteiger partial charge in [0.15, 0.2) is 0 Å². The lowest BCUT2D eigenvalue weighted by Gasteiger charge is -2.27. The Hall–Kier alpha value is -0.360. The van der Waals surface area contributed by atoms with E-state index in [1.54, 1.807) is 23.5 Å². The van der Waals surface area contributed by atoms with Crippen LogP contribution in [0.4, 0.5) is 0 Å². The molecule has 0 aromatic carbocycles. The molecule has 114 valence electrons. The molecule has 0 radical (unpaired) electrons. The molecule has 1 saturated heterocycles. The first-order chi connectivity index (χ1) is 9.60. The van der Waals surface area contributed by atoms with Crippen molar-refractivity contribution in [1.29, 1.82) is 0 Å². The maximum Gasteiger partial charge on any atom is 0.315 e. The zero-order valence-electron chi connectivity index (χ0n) is 11.9. The normalized spacial score (nSPS) is 28.9. The lowest BCUT2D eigenvalue weighted by molar-refractivity contribution is -0.150. The number of esters is 2. The molecule has 1 saturated carbocycles. The predicted molar refractivity (Wildman–Crippen MR) is 82.1 cm³/mol. The van der Waals surface area contributed by atoms with Crippen LogP contribution < -0.4 is 0 Å². The highest BCUT2D eigenvalue weighted by atomic mass is 32.2. The first kappa shape index (κ1) is 16.0. The van der Waals surface area contributed by atoms with Crippen molar-refractivity contribution < 1.29 is 19.1 Å². The standard InChI is InChI=1S/C14H22O4S2/c1-11-6-19-7-12(15)17-9-14(4-2-3-5-14)10-18-13(16)8-20-11/h11H,2-10H2,1H3. The van der Waals surface area contributed by atoms with Gasteiger partial charge in [0.2, 0.25) is 0 Å². The van der Waals surface area contributed by atoms with Gasteiger partial charge in [-0.3, -0.25) is 9.59 Å². The SMILES string of the molecule is CC1CSCC(=O)OCC2(CCCC2)COC(=O)CS1. The number of cyclic esters (lactones) is 2. The van der Waals surface area contributed by atoms with E-state index in [-0.39, 0.29) is 17.4 Å². The Morgan fingerprint density at radius 1 is 1.05 bits per heavy atom. The van der Waals surface area contributed by atoms with Crippen LogP contribution in [0.2, 0.25) is 0 Å². The highest BCUT2D eigenvalue weighted by Gasteiger charge is 2.37. The maximum atomic E-state index is 11.8. The van der Waals surface area contributed by atoms with Crippen LogP contribution in [0.25, 0.3) is 0 Å². The average Bonchev–Trinajstić information content (AvgIpc) is 2.89. The van der Waals surface area contributed by atoms with Crippen LogP contribution in [0, 0.1) is 5.41 Å². The quantitative estimate of drug-likeness (QED) is 0.640. The Kier molecular flexibility index (Phi) is 6.08. The highest BCUT2D eigenvalue weighted by Crippen LogP contribution is 2.39. The molecule has 1 aliphatic heterocycles.